The summed E-state index contributed by atoms with van der Waals surface area (Å²) in [5.74, 6) is 6.16. The summed E-state index contributed by atoms with van der Waals surface area (Å²) in [5.41, 5.74) is 0. The standard InChI is InChI=1S/C7H13S/c1-4-7-8(5-2)6-3/h1H,5-7H2,2-3H3/q+1. The van der Waals surface area contributed by atoms with Crippen molar-refractivity contribution in [3.8, 4) is 12.3 Å². The van der Waals surface area contributed by atoms with E-state index in [1.807, 2.05) is 0 Å². The van der Waals surface area contributed by atoms with Crippen LogP contribution in [0.15, 0.2) is 0 Å². The van der Waals surface area contributed by atoms with Gasteiger partial charge in [-0.25, -0.2) is 0 Å². The topological polar surface area (TPSA) is 0 Å². The molecule has 46 valence electrons. The first-order chi connectivity index (χ1) is 3.85. The molecule has 0 rings (SSSR count). The van der Waals surface area contributed by atoms with Crippen LogP contribution >= 0.6 is 0 Å². The van der Waals surface area contributed by atoms with Crippen molar-refractivity contribution in [2.75, 3.05) is 17.3 Å². The second-order valence-corrected chi connectivity index (χ2v) is 4.21. The summed E-state index contributed by atoms with van der Waals surface area (Å²) in [6.45, 7) is 4.40. The summed E-state index contributed by atoms with van der Waals surface area (Å²) in [5, 5.41) is 0. The Morgan fingerprint density at radius 1 is 1.38 bits per heavy atom. The lowest BCUT2D eigenvalue weighted by molar-refractivity contribution is 1.42. The van der Waals surface area contributed by atoms with Crippen molar-refractivity contribution in [1.29, 1.82) is 0 Å². The lowest BCUT2D eigenvalue weighted by atomic mass is 10.8. The fourth-order valence-corrected chi connectivity index (χ4v) is 1.58. The van der Waals surface area contributed by atoms with Gasteiger partial charge in [0.2, 0.25) is 0 Å². The van der Waals surface area contributed by atoms with Gasteiger partial charge in [0, 0.05) is 0 Å². The van der Waals surface area contributed by atoms with Crippen molar-refractivity contribution < 1.29 is 0 Å². The number of rotatable bonds is 3. The fraction of sp³-hybridized carbons (Fsp3) is 0.714. The zero-order chi connectivity index (χ0) is 6.41. The molecule has 0 saturated carbocycles. The van der Waals surface area contributed by atoms with Crippen molar-refractivity contribution in [2.45, 2.75) is 13.8 Å². The van der Waals surface area contributed by atoms with Crippen molar-refractivity contribution in [3.05, 3.63) is 0 Å². The van der Waals surface area contributed by atoms with Crippen LogP contribution in [0, 0.1) is 12.3 Å². The largest absolute Gasteiger partial charge is 0.167 e. The van der Waals surface area contributed by atoms with E-state index in [0.717, 1.165) is 5.75 Å². The van der Waals surface area contributed by atoms with Gasteiger partial charge in [-0.2, -0.15) is 0 Å². The van der Waals surface area contributed by atoms with Gasteiger partial charge in [-0.05, 0) is 24.7 Å². The van der Waals surface area contributed by atoms with E-state index in [-0.39, 0.29) is 0 Å². The Kier molecular flexibility index (Phi) is 5.00. The van der Waals surface area contributed by atoms with Gasteiger partial charge >= 0.3 is 0 Å². The third-order valence-corrected chi connectivity index (χ3v) is 3.31. The first-order valence-corrected chi connectivity index (χ1v) is 4.65. The molecule has 8 heavy (non-hydrogen) atoms. The second-order valence-electron chi connectivity index (χ2n) is 1.54. The Labute approximate surface area is 55.0 Å². The fourth-order valence-electron chi connectivity index (χ4n) is 0.526. The normalized spacial score (nSPS) is 9.25. The van der Waals surface area contributed by atoms with Crippen molar-refractivity contribution in [3.63, 3.8) is 0 Å². The molecule has 0 aromatic heterocycles. The van der Waals surface area contributed by atoms with E-state index in [9.17, 15) is 0 Å². The maximum Gasteiger partial charge on any atom is 0.167 e. The molecule has 0 aromatic rings. The van der Waals surface area contributed by atoms with Crippen molar-refractivity contribution in [1.82, 2.24) is 0 Å². The predicted molar refractivity (Wildman–Crippen MR) is 42.1 cm³/mol. The molecule has 0 saturated heterocycles. The van der Waals surface area contributed by atoms with Crippen LogP contribution in [0.2, 0.25) is 0 Å². The van der Waals surface area contributed by atoms with Gasteiger partial charge in [0.05, 0.1) is 0 Å². The molecule has 0 spiro atoms. The van der Waals surface area contributed by atoms with Gasteiger partial charge in [0.25, 0.3) is 0 Å². The minimum absolute atomic E-state index is 0.525. The molecule has 0 unspecified atom stereocenters. The second kappa shape index (κ2) is 5.05. The molecule has 0 aliphatic rings. The van der Waals surface area contributed by atoms with Gasteiger partial charge in [-0.1, -0.05) is 5.92 Å². The smallest absolute Gasteiger partial charge is 0.115 e. The Bertz CT molecular complexity index is 76.9. The van der Waals surface area contributed by atoms with Gasteiger partial charge < -0.3 is 0 Å². The predicted octanol–water partition coefficient (Wildman–Crippen LogP) is 1.28. The summed E-state index contributed by atoms with van der Waals surface area (Å²) < 4.78 is 0. The van der Waals surface area contributed by atoms with Crippen LogP contribution in [0.5, 0.6) is 0 Å². The highest BCUT2D eigenvalue weighted by Gasteiger charge is 2.07. The minimum atomic E-state index is 0.525. The minimum Gasteiger partial charge on any atom is -0.115 e. The van der Waals surface area contributed by atoms with Crippen LogP contribution in [0.25, 0.3) is 0 Å². The molecular weight excluding hydrogens is 116 g/mol. The van der Waals surface area contributed by atoms with Crippen LogP contribution in [0.1, 0.15) is 13.8 Å². The lowest BCUT2D eigenvalue weighted by Gasteiger charge is -1.95. The first-order valence-electron chi connectivity index (χ1n) is 2.92. The average molecular weight is 129 g/mol. The van der Waals surface area contributed by atoms with E-state index in [1.165, 1.54) is 11.5 Å². The molecule has 0 aromatic carbocycles. The number of hydrogen-bond donors (Lipinski definition) is 0. The molecule has 0 bridgehead atoms. The van der Waals surface area contributed by atoms with E-state index < -0.39 is 0 Å². The van der Waals surface area contributed by atoms with Crippen LogP contribution in [0.4, 0.5) is 0 Å². The van der Waals surface area contributed by atoms with E-state index in [2.05, 4.69) is 19.8 Å². The molecular formula is C7H13S+. The van der Waals surface area contributed by atoms with Gasteiger partial charge in [-0.15, -0.1) is 6.42 Å². The maximum atomic E-state index is 5.14. The van der Waals surface area contributed by atoms with E-state index in [1.54, 1.807) is 0 Å². The summed E-state index contributed by atoms with van der Waals surface area (Å²) in [6.07, 6.45) is 5.14. The van der Waals surface area contributed by atoms with Crippen LogP contribution < -0.4 is 0 Å². The molecule has 0 N–H and O–H groups in total. The molecule has 0 aliphatic heterocycles. The third-order valence-electron chi connectivity index (χ3n) is 1.10. The highest BCUT2D eigenvalue weighted by molar-refractivity contribution is 7.96. The number of hydrogen-bond acceptors (Lipinski definition) is 0. The van der Waals surface area contributed by atoms with Gasteiger partial charge in [0.15, 0.2) is 5.75 Å². The number of terminal acetylenes is 1. The van der Waals surface area contributed by atoms with Crippen molar-refractivity contribution in [2.24, 2.45) is 0 Å². The Balaban J connectivity index is 3.25. The Hall–Kier alpha value is -0.0900. The lowest BCUT2D eigenvalue weighted by Crippen LogP contribution is -2.10. The SMILES string of the molecule is C#CC[S+](CC)CC. The molecule has 0 nitrogen and oxygen atoms in total. The van der Waals surface area contributed by atoms with Crippen LogP contribution in [0.3, 0.4) is 0 Å². The summed E-state index contributed by atoms with van der Waals surface area (Å²) in [6, 6.07) is 0. The monoisotopic (exact) mass is 129 g/mol. The third kappa shape index (κ3) is 2.98. The summed E-state index contributed by atoms with van der Waals surface area (Å²) >= 11 is 0. The van der Waals surface area contributed by atoms with E-state index >= 15 is 0 Å². The van der Waals surface area contributed by atoms with Gasteiger partial charge in [0.1, 0.15) is 11.5 Å². The highest BCUT2D eigenvalue weighted by Crippen LogP contribution is 1.93. The zero-order valence-electron chi connectivity index (χ0n) is 5.61. The summed E-state index contributed by atoms with van der Waals surface area (Å²) in [7, 11) is 0.525. The quantitative estimate of drug-likeness (QED) is 0.398. The molecule has 0 atom stereocenters. The van der Waals surface area contributed by atoms with E-state index in [4.69, 9.17) is 6.42 Å². The molecule has 0 aliphatic carbocycles. The molecule has 1 heteroatoms. The average Bonchev–Trinajstić information content (AvgIpc) is 1.83. The highest BCUT2D eigenvalue weighted by atomic mass is 32.2. The molecule has 0 radical (unpaired) electrons. The first kappa shape index (κ1) is 7.91. The molecule has 0 heterocycles. The zero-order valence-corrected chi connectivity index (χ0v) is 6.42. The van der Waals surface area contributed by atoms with Gasteiger partial charge in [-0.3, -0.25) is 0 Å². The maximum absolute atomic E-state index is 5.14. The molecule has 0 amide bonds. The van der Waals surface area contributed by atoms with Crippen LogP contribution in [-0.2, 0) is 10.9 Å². The Morgan fingerprint density at radius 3 is 2.00 bits per heavy atom. The molecule has 0 fully saturated rings. The van der Waals surface area contributed by atoms with E-state index in [0.29, 0.717) is 10.9 Å². The van der Waals surface area contributed by atoms with Crippen molar-refractivity contribution >= 4 is 10.9 Å². The Morgan fingerprint density at radius 2 is 1.88 bits per heavy atom. The van der Waals surface area contributed by atoms with Crippen LogP contribution in [-0.4, -0.2) is 17.3 Å². The summed E-state index contributed by atoms with van der Waals surface area (Å²) in [4.78, 5) is 0.